The van der Waals surface area contributed by atoms with Crippen molar-refractivity contribution in [3.8, 4) is 0 Å². The Morgan fingerprint density at radius 2 is 1.70 bits per heavy atom. The Hall–Kier alpha value is -1.43. The molecule has 1 N–H and O–H groups in total. The highest BCUT2D eigenvalue weighted by Crippen LogP contribution is 2.23. The molecule has 0 atom stereocenters. The van der Waals surface area contributed by atoms with E-state index >= 15 is 0 Å². The summed E-state index contributed by atoms with van der Waals surface area (Å²) < 4.78 is 0.869. The van der Waals surface area contributed by atoms with Crippen molar-refractivity contribution in [1.82, 2.24) is 5.32 Å². The Morgan fingerprint density at radius 3 is 2.30 bits per heavy atom. The van der Waals surface area contributed by atoms with Crippen molar-refractivity contribution in [2.75, 3.05) is 0 Å². The van der Waals surface area contributed by atoms with Crippen LogP contribution in [0.25, 0.3) is 0 Å². The van der Waals surface area contributed by atoms with Crippen LogP contribution in [0.5, 0.6) is 0 Å². The van der Waals surface area contributed by atoms with Crippen molar-refractivity contribution in [1.29, 1.82) is 0 Å². The lowest BCUT2D eigenvalue weighted by Crippen LogP contribution is -2.12. The Balaban J connectivity index is 1.89. The van der Waals surface area contributed by atoms with Crippen molar-refractivity contribution in [3.05, 3.63) is 73.2 Å². The van der Waals surface area contributed by atoms with Crippen molar-refractivity contribution in [2.24, 2.45) is 0 Å². The number of halogens is 2. The van der Waals surface area contributed by atoms with Crippen molar-refractivity contribution >= 4 is 33.2 Å². The highest BCUT2D eigenvalue weighted by Gasteiger charge is 2.04. The van der Waals surface area contributed by atoms with Crippen LogP contribution in [-0.2, 0) is 13.1 Å². The van der Waals surface area contributed by atoms with Gasteiger partial charge in [-0.3, -0.25) is 10.1 Å². The third kappa shape index (κ3) is 4.03. The average molecular weight is 356 g/mol. The molecule has 6 heteroatoms. The lowest BCUT2D eigenvalue weighted by molar-refractivity contribution is -0.384. The van der Waals surface area contributed by atoms with Gasteiger partial charge in [0.15, 0.2) is 0 Å². The maximum absolute atomic E-state index is 10.5. The number of nitrogens with one attached hydrogen (secondary N) is 1. The molecular weight excluding hydrogens is 344 g/mol. The molecule has 2 aromatic carbocycles. The molecule has 4 nitrogen and oxygen atoms in total. The highest BCUT2D eigenvalue weighted by atomic mass is 79.9. The average Bonchev–Trinajstić information content (AvgIpc) is 2.43. The summed E-state index contributed by atoms with van der Waals surface area (Å²) in [6, 6.07) is 12.3. The van der Waals surface area contributed by atoms with Crippen LogP contribution in [0, 0.1) is 10.1 Å². The second-order valence-electron chi connectivity index (χ2n) is 4.28. The van der Waals surface area contributed by atoms with Crippen LogP contribution in [0.4, 0.5) is 5.69 Å². The van der Waals surface area contributed by atoms with Crippen LogP contribution in [0.15, 0.2) is 46.9 Å². The van der Waals surface area contributed by atoms with Gasteiger partial charge in [-0.05, 0) is 39.2 Å². The number of non-ortho nitro benzene ring substituents is 1. The summed E-state index contributed by atoms with van der Waals surface area (Å²) in [6.45, 7) is 1.35. The lowest BCUT2D eigenvalue weighted by atomic mass is 10.2. The summed E-state index contributed by atoms with van der Waals surface area (Å²) >= 11 is 9.31. The van der Waals surface area contributed by atoms with Crippen LogP contribution in [0.1, 0.15) is 11.1 Å². The van der Waals surface area contributed by atoms with Crippen LogP contribution in [-0.4, -0.2) is 4.92 Å². The highest BCUT2D eigenvalue weighted by molar-refractivity contribution is 9.10. The summed E-state index contributed by atoms with van der Waals surface area (Å²) in [7, 11) is 0. The maximum Gasteiger partial charge on any atom is 0.269 e. The number of nitrogens with zero attached hydrogens (tertiary/aromatic N) is 1. The summed E-state index contributed by atoms with van der Waals surface area (Å²) in [6.07, 6.45) is 0. The Kier molecular flexibility index (Phi) is 5.11. The van der Waals surface area contributed by atoms with Gasteiger partial charge < -0.3 is 5.32 Å². The monoisotopic (exact) mass is 354 g/mol. The fraction of sp³-hybridized carbons (Fsp3) is 0.143. The molecule has 0 saturated heterocycles. The number of hydrogen-bond donors (Lipinski definition) is 1. The van der Waals surface area contributed by atoms with E-state index in [0.29, 0.717) is 18.1 Å². The molecule has 104 valence electrons. The Morgan fingerprint density at radius 1 is 1.10 bits per heavy atom. The van der Waals surface area contributed by atoms with E-state index < -0.39 is 4.92 Å². The summed E-state index contributed by atoms with van der Waals surface area (Å²) in [5.74, 6) is 0. The van der Waals surface area contributed by atoms with E-state index in [2.05, 4.69) is 21.2 Å². The van der Waals surface area contributed by atoms with E-state index in [4.69, 9.17) is 11.6 Å². The second-order valence-corrected chi connectivity index (χ2v) is 5.54. The van der Waals surface area contributed by atoms with E-state index in [0.717, 1.165) is 15.6 Å². The number of benzene rings is 2. The molecule has 0 saturated carbocycles. The molecule has 0 unspecified atom stereocenters. The van der Waals surface area contributed by atoms with Gasteiger partial charge in [0, 0.05) is 29.7 Å². The minimum absolute atomic E-state index is 0.107. The molecule has 0 spiro atoms. The van der Waals surface area contributed by atoms with E-state index in [1.54, 1.807) is 12.1 Å². The predicted molar refractivity (Wildman–Crippen MR) is 82.8 cm³/mol. The van der Waals surface area contributed by atoms with Crippen LogP contribution in [0.2, 0.25) is 5.02 Å². The van der Waals surface area contributed by atoms with Crippen molar-refractivity contribution in [2.45, 2.75) is 13.1 Å². The fourth-order valence-electron chi connectivity index (χ4n) is 1.74. The number of nitro groups is 1. The molecular formula is C14H12BrClN2O2. The fourth-order valence-corrected chi connectivity index (χ4v) is 2.28. The number of rotatable bonds is 5. The quantitative estimate of drug-likeness (QED) is 0.642. The molecule has 0 aliphatic heterocycles. The first-order chi connectivity index (χ1) is 9.56. The van der Waals surface area contributed by atoms with Gasteiger partial charge in [-0.1, -0.05) is 29.8 Å². The summed E-state index contributed by atoms with van der Waals surface area (Å²) in [5, 5.41) is 14.5. The first-order valence-electron chi connectivity index (χ1n) is 5.94. The maximum atomic E-state index is 10.5. The van der Waals surface area contributed by atoms with Gasteiger partial charge in [0.1, 0.15) is 0 Å². The lowest BCUT2D eigenvalue weighted by Gasteiger charge is -2.06. The number of hydrogen-bond acceptors (Lipinski definition) is 3. The largest absolute Gasteiger partial charge is 0.309 e. The molecule has 0 bridgehead atoms. The smallest absolute Gasteiger partial charge is 0.269 e. The summed E-state index contributed by atoms with van der Waals surface area (Å²) in [4.78, 5) is 10.1. The zero-order chi connectivity index (χ0) is 14.5. The third-order valence-corrected chi connectivity index (χ3v) is 4.00. The molecule has 0 heterocycles. The van der Waals surface area contributed by atoms with E-state index in [1.165, 1.54) is 12.1 Å². The van der Waals surface area contributed by atoms with Gasteiger partial charge in [-0.25, -0.2) is 0 Å². The third-order valence-electron chi connectivity index (χ3n) is 2.79. The molecule has 0 aliphatic rings. The molecule has 2 rings (SSSR count). The van der Waals surface area contributed by atoms with E-state index in [1.807, 2.05) is 18.2 Å². The van der Waals surface area contributed by atoms with Gasteiger partial charge >= 0.3 is 0 Å². The minimum Gasteiger partial charge on any atom is -0.309 e. The van der Waals surface area contributed by atoms with Gasteiger partial charge in [-0.15, -0.1) is 0 Å². The predicted octanol–water partition coefficient (Wildman–Crippen LogP) is 4.30. The SMILES string of the molecule is O=[N+]([O-])c1ccc(CNCc2ccc(Cl)c(Br)c2)cc1. The molecule has 0 aliphatic carbocycles. The van der Waals surface area contributed by atoms with Crippen molar-refractivity contribution < 1.29 is 4.92 Å². The standard InChI is InChI=1S/C14H12BrClN2O2/c15-13-7-11(3-6-14(13)16)9-17-8-10-1-4-12(5-2-10)18(19)20/h1-7,17H,8-9H2. The molecule has 0 radical (unpaired) electrons. The molecule has 0 amide bonds. The Labute approximate surface area is 130 Å². The zero-order valence-electron chi connectivity index (χ0n) is 10.5. The molecule has 2 aromatic rings. The first-order valence-corrected chi connectivity index (χ1v) is 7.11. The summed E-state index contributed by atoms with van der Waals surface area (Å²) in [5.41, 5.74) is 2.22. The topological polar surface area (TPSA) is 55.2 Å². The first kappa shape index (κ1) is 15.0. The van der Waals surface area contributed by atoms with Gasteiger partial charge in [0.25, 0.3) is 5.69 Å². The van der Waals surface area contributed by atoms with Gasteiger partial charge in [0.2, 0.25) is 0 Å². The van der Waals surface area contributed by atoms with Crippen molar-refractivity contribution in [3.63, 3.8) is 0 Å². The van der Waals surface area contributed by atoms with Crippen LogP contribution >= 0.6 is 27.5 Å². The normalized spacial score (nSPS) is 10.5. The van der Waals surface area contributed by atoms with Gasteiger partial charge in [-0.2, -0.15) is 0 Å². The zero-order valence-corrected chi connectivity index (χ0v) is 12.8. The van der Waals surface area contributed by atoms with Crippen LogP contribution < -0.4 is 5.32 Å². The van der Waals surface area contributed by atoms with Gasteiger partial charge in [0.05, 0.1) is 9.95 Å². The molecule has 0 aromatic heterocycles. The minimum atomic E-state index is -0.400. The number of nitro benzene ring substituents is 1. The molecule has 0 fully saturated rings. The molecule has 20 heavy (non-hydrogen) atoms. The second kappa shape index (κ2) is 6.83. The van der Waals surface area contributed by atoms with E-state index in [9.17, 15) is 10.1 Å². The van der Waals surface area contributed by atoms with Crippen LogP contribution in [0.3, 0.4) is 0 Å². The Bertz CT molecular complexity index is 617. The van der Waals surface area contributed by atoms with E-state index in [-0.39, 0.29) is 5.69 Å².